The highest BCUT2D eigenvalue weighted by molar-refractivity contribution is 9.11. The van der Waals surface area contributed by atoms with Crippen molar-refractivity contribution >= 4 is 39.3 Å². The second-order valence-corrected chi connectivity index (χ2v) is 6.75. The molecule has 0 saturated carbocycles. The molecule has 0 aliphatic carbocycles. The zero-order valence-electron chi connectivity index (χ0n) is 13.8. The van der Waals surface area contributed by atoms with Crippen molar-refractivity contribution in [1.82, 2.24) is 4.90 Å². The van der Waals surface area contributed by atoms with Gasteiger partial charge in [-0.05, 0) is 45.8 Å². The number of anilines is 1. The summed E-state index contributed by atoms with van der Waals surface area (Å²) in [5.41, 5.74) is 2.61. The summed E-state index contributed by atoms with van der Waals surface area (Å²) < 4.78 is 0.969. The molecule has 0 saturated heterocycles. The SMILES string of the molecule is O=C(N=C1N=C2C=CC(Br)=CN2Cc2ccccc21)Nc1ccccc1. The number of urea groups is 1. The van der Waals surface area contributed by atoms with Crippen LogP contribution in [0.25, 0.3) is 0 Å². The lowest BCUT2D eigenvalue weighted by atomic mass is 10.1. The van der Waals surface area contributed by atoms with E-state index in [9.17, 15) is 4.79 Å². The molecule has 4 rings (SSSR count). The number of hydrogen-bond donors (Lipinski definition) is 1. The first-order valence-electron chi connectivity index (χ1n) is 8.13. The first-order valence-corrected chi connectivity index (χ1v) is 8.92. The van der Waals surface area contributed by atoms with Crippen LogP contribution >= 0.6 is 15.9 Å². The number of benzene rings is 2. The van der Waals surface area contributed by atoms with Gasteiger partial charge in [0.2, 0.25) is 0 Å². The molecule has 2 aromatic carbocycles. The number of amidine groups is 2. The van der Waals surface area contributed by atoms with Crippen molar-refractivity contribution in [2.45, 2.75) is 6.54 Å². The van der Waals surface area contributed by atoms with E-state index in [2.05, 4.69) is 31.2 Å². The van der Waals surface area contributed by atoms with Crippen LogP contribution in [0.3, 0.4) is 0 Å². The highest BCUT2D eigenvalue weighted by Gasteiger charge is 2.21. The lowest BCUT2D eigenvalue weighted by Crippen LogP contribution is -2.25. The Morgan fingerprint density at radius 3 is 2.69 bits per heavy atom. The molecule has 0 unspecified atom stereocenters. The van der Waals surface area contributed by atoms with Gasteiger partial charge in [0, 0.05) is 28.5 Å². The van der Waals surface area contributed by atoms with Crippen LogP contribution < -0.4 is 5.32 Å². The van der Waals surface area contributed by atoms with Crippen LogP contribution in [0.5, 0.6) is 0 Å². The normalized spacial score (nSPS) is 17.0. The van der Waals surface area contributed by atoms with E-state index in [1.807, 2.05) is 77.8 Å². The van der Waals surface area contributed by atoms with Gasteiger partial charge >= 0.3 is 6.03 Å². The topological polar surface area (TPSA) is 57.1 Å². The van der Waals surface area contributed by atoms with Crippen LogP contribution in [-0.2, 0) is 6.54 Å². The van der Waals surface area contributed by atoms with Crippen molar-refractivity contribution in [1.29, 1.82) is 0 Å². The summed E-state index contributed by atoms with van der Waals surface area (Å²) in [6.07, 6.45) is 5.80. The number of carbonyl (C=O) groups is 1. The smallest absolute Gasteiger partial charge is 0.327 e. The maximum atomic E-state index is 12.4. The number of amides is 2. The van der Waals surface area contributed by atoms with E-state index in [0.29, 0.717) is 18.1 Å². The molecule has 0 atom stereocenters. The maximum Gasteiger partial charge on any atom is 0.347 e. The predicted molar refractivity (Wildman–Crippen MR) is 108 cm³/mol. The molecular formula is C20H15BrN4O. The molecule has 6 heteroatoms. The van der Waals surface area contributed by atoms with Gasteiger partial charge in [-0.25, -0.2) is 9.79 Å². The Balaban J connectivity index is 1.72. The highest BCUT2D eigenvalue weighted by Crippen LogP contribution is 2.23. The molecule has 2 heterocycles. The first kappa shape index (κ1) is 16.5. The standard InChI is InChI=1S/C20H15BrN4O/c21-15-10-11-18-23-19(24-20(26)22-16-7-2-1-3-8-16)17-9-5-4-6-14(17)12-25(18)13-15/h1-11,13H,12H2,(H,22,26). The van der Waals surface area contributed by atoms with Crippen LogP contribution in [0, 0.1) is 0 Å². The van der Waals surface area contributed by atoms with Crippen molar-refractivity contribution < 1.29 is 4.79 Å². The maximum absolute atomic E-state index is 12.4. The summed E-state index contributed by atoms with van der Waals surface area (Å²) in [7, 11) is 0. The summed E-state index contributed by atoms with van der Waals surface area (Å²) in [6, 6.07) is 16.7. The lowest BCUT2D eigenvalue weighted by molar-refractivity contribution is 0.259. The van der Waals surface area contributed by atoms with E-state index in [4.69, 9.17) is 0 Å². The molecule has 0 bridgehead atoms. The van der Waals surface area contributed by atoms with Crippen LogP contribution in [-0.4, -0.2) is 22.6 Å². The third-order valence-electron chi connectivity index (χ3n) is 4.02. The molecule has 0 aromatic heterocycles. The van der Waals surface area contributed by atoms with Crippen LogP contribution in [0.1, 0.15) is 11.1 Å². The Morgan fingerprint density at radius 2 is 1.85 bits per heavy atom. The van der Waals surface area contributed by atoms with E-state index in [1.165, 1.54) is 0 Å². The Bertz CT molecular complexity index is 976. The molecule has 5 nitrogen and oxygen atoms in total. The summed E-state index contributed by atoms with van der Waals surface area (Å²) in [5, 5.41) is 2.77. The average Bonchev–Trinajstić information content (AvgIpc) is 2.79. The largest absolute Gasteiger partial charge is 0.347 e. The minimum absolute atomic E-state index is 0.405. The first-order chi connectivity index (χ1) is 12.7. The minimum Gasteiger partial charge on any atom is -0.327 e. The fourth-order valence-electron chi connectivity index (χ4n) is 2.82. The van der Waals surface area contributed by atoms with Crippen LogP contribution in [0.2, 0.25) is 0 Å². The van der Waals surface area contributed by atoms with Gasteiger partial charge in [-0.1, -0.05) is 42.5 Å². The number of allylic oxidation sites excluding steroid dienone is 2. The fourth-order valence-corrected chi connectivity index (χ4v) is 3.20. The molecule has 2 aliphatic rings. The number of hydrogen-bond acceptors (Lipinski definition) is 2. The number of rotatable bonds is 1. The lowest BCUT2D eigenvalue weighted by Gasteiger charge is -2.21. The fraction of sp³-hybridized carbons (Fsp3) is 0.0500. The van der Waals surface area contributed by atoms with Crippen molar-refractivity contribution in [3.05, 3.63) is 88.6 Å². The monoisotopic (exact) mass is 406 g/mol. The van der Waals surface area contributed by atoms with Crippen LogP contribution in [0.4, 0.5) is 10.5 Å². The number of aliphatic imine (C=N–C) groups is 2. The Hall–Kier alpha value is -2.99. The molecule has 128 valence electrons. The molecule has 26 heavy (non-hydrogen) atoms. The van der Waals surface area contributed by atoms with E-state index in [0.717, 1.165) is 21.4 Å². The van der Waals surface area contributed by atoms with E-state index in [1.54, 1.807) is 0 Å². The number of carbonyl (C=O) groups excluding carboxylic acids is 1. The van der Waals surface area contributed by atoms with Gasteiger partial charge < -0.3 is 10.2 Å². The Labute approximate surface area is 159 Å². The van der Waals surface area contributed by atoms with Crippen LogP contribution in [0.15, 0.2) is 87.4 Å². The van der Waals surface area contributed by atoms with Gasteiger partial charge in [0.05, 0.1) is 0 Å². The molecule has 1 N–H and O–H groups in total. The molecule has 0 spiro atoms. The van der Waals surface area contributed by atoms with Gasteiger partial charge in [-0.15, -0.1) is 0 Å². The zero-order valence-corrected chi connectivity index (χ0v) is 15.3. The van der Waals surface area contributed by atoms with Gasteiger partial charge in [-0.3, -0.25) is 0 Å². The third kappa shape index (κ3) is 3.50. The second-order valence-electron chi connectivity index (χ2n) is 5.83. The van der Waals surface area contributed by atoms with Crippen molar-refractivity contribution in [3.63, 3.8) is 0 Å². The van der Waals surface area contributed by atoms with Gasteiger partial charge in [0.25, 0.3) is 0 Å². The van der Waals surface area contributed by atoms with Gasteiger partial charge in [-0.2, -0.15) is 4.99 Å². The Morgan fingerprint density at radius 1 is 1.08 bits per heavy atom. The van der Waals surface area contributed by atoms with Crippen molar-refractivity contribution in [2.75, 3.05) is 5.32 Å². The summed E-state index contributed by atoms with van der Waals surface area (Å²) in [4.78, 5) is 23.3. The highest BCUT2D eigenvalue weighted by atomic mass is 79.9. The minimum atomic E-state index is -0.449. The summed E-state index contributed by atoms with van der Waals surface area (Å²) in [6.45, 7) is 0.660. The third-order valence-corrected chi connectivity index (χ3v) is 4.49. The van der Waals surface area contributed by atoms with Crippen molar-refractivity contribution in [2.24, 2.45) is 9.98 Å². The molecule has 2 amide bonds. The average molecular weight is 407 g/mol. The van der Waals surface area contributed by atoms with E-state index < -0.39 is 6.03 Å². The molecule has 2 aliphatic heterocycles. The van der Waals surface area contributed by atoms with E-state index in [-0.39, 0.29) is 0 Å². The summed E-state index contributed by atoms with van der Waals surface area (Å²) >= 11 is 3.49. The number of para-hydroxylation sites is 1. The molecule has 0 fully saturated rings. The predicted octanol–water partition coefficient (Wildman–Crippen LogP) is 4.69. The number of nitrogens with zero attached hydrogens (tertiary/aromatic N) is 3. The molecular weight excluding hydrogens is 392 g/mol. The molecule has 2 aromatic rings. The quantitative estimate of drug-likeness (QED) is 0.746. The number of fused-ring (bicyclic) bond motifs is 2. The number of halogens is 1. The van der Waals surface area contributed by atoms with Gasteiger partial charge in [0.15, 0.2) is 5.84 Å². The van der Waals surface area contributed by atoms with E-state index >= 15 is 0 Å². The molecule has 0 radical (unpaired) electrons. The Kier molecular flexibility index (Phi) is 4.50. The number of nitrogens with one attached hydrogen (secondary N) is 1. The summed E-state index contributed by atoms with van der Waals surface area (Å²) in [5.74, 6) is 1.15. The second kappa shape index (κ2) is 7.09. The zero-order chi connectivity index (χ0) is 17.9. The van der Waals surface area contributed by atoms with Gasteiger partial charge in [0.1, 0.15) is 5.84 Å². The van der Waals surface area contributed by atoms with Crippen molar-refractivity contribution in [3.8, 4) is 0 Å².